The van der Waals surface area contributed by atoms with Gasteiger partial charge in [-0.2, -0.15) is 11.3 Å². The maximum atomic E-state index is 9.47. The fraction of sp³-hybridized carbons (Fsp3) is 0.182. The molecule has 26 heavy (non-hydrogen) atoms. The molecule has 1 N–H and O–H groups in total. The standard InChI is InChI=1S/C22H21ClO2S/c23-12-13-25-22-9-4-17(5-10-22)1-6-19(20-11-14-26-16-20)15-18-2-7-21(24)8-3-18/h2-11,14,16,24H,1,12-13,15H2. The van der Waals surface area contributed by atoms with Gasteiger partial charge >= 0.3 is 0 Å². The summed E-state index contributed by atoms with van der Waals surface area (Å²) in [6.45, 7) is 0.524. The third kappa shape index (κ3) is 5.38. The number of ether oxygens (including phenoxy) is 1. The minimum absolute atomic E-state index is 0.297. The summed E-state index contributed by atoms with van der Waals surface area (Å²) >= 11 is 7.35. The van der Waals surface area contributed by atoms with Gasteiger partial charge in [0.25, 0.3) is 0 Å². The molecule has 0 unspecified atom stereocenters. The largest absolute Gasteiger partial charge is 0.508 e. The first kappa shape index (κ1) is 18.6. The zero-order valence-electron chi connectivity index (χ0n) is 14.4. The molecule has 0 radical (unpaired) electrons. The van der Waals surface area contributed by atoms with Crippen molar-refractivity contribution in [1.29, 1.82) is 0 Å². The first-order valence-electron chi connectivity index (χ1n) is 8.52. The molecule has 0 saturated heterocycles. The van der Waals surface area contributed by atoms with Gasteiger partial charge in [-0.25, -0.2) is 0 Å². The number of hydrogen-bond donors (Lipinski definition) is 1. The van der Waals surface area contributed by atoms with Crippen molar-refractivity contribution in [3.05, 3.63) is 88.1 Å². The summed E-state index contributed by atoms with van der Waals surface area (Å²) in [7, 11) is 0. The molecule has 0 bridgehead atoms. The molecule has 0 aliphatic heterocycles. The van der Waals surface area contributed by atoms with E-state index in [9.17, 15) is 5.11 Å². The molecule has 0 saturated carbocycles. The zero-order chi connectivity index (χ0) is 18.2. The van der Waals surface area contributed by atoms with Crippen LogP contribution in [0.4, 0.5) is 0 Å². The van der Waals surface area contributed by atoms with Gasteiger partial charge in [0.2, 0.25) is 0 Å². The summed E-state index contributed by atoms with van der Waals surface area (Å²) in [5, 5.41) is 13.7. The average molecular weight is 385 g/mol. The Labute approximate surface area is 163 Å². The van der Waals surface area contributed by atoms with Crippen molar-refractivity contribution >= 4 is 28.5 Å². The molecule has 2 nitrogen and oxygen atoms in total. The van der Waals surface area contributed by atoms with Crippen LogP contribution < -0.4 is 4.74 Å². The molecule has 0 fully saturated rings. The highest BCUT2D eigenvalue weighted by Gasteiger charge is 2.05. The smallest absolute Gasteiger partial charge is 0.119 e. The topological polar surface area (TPSA) is 29.5 Å². The summed E-state index contributed by atoms with van der Waals surface area (Å²) in [4.78, 5) is 0. The van der Waals surface area contributed by atoms with E-state index in [1.165, 1.54) is 22.3 Å². The number of phenolic OH excluding ortho intramolecular Hbond substituents is 1. The van der Waals surface area contributed by atoms with Gasteiger partial charge in [-0.15, -0.1) is 11.6 Å². The number of hydrogen-bond acceptors (Lipinski definition) is 3. The Morgan fingerprint density at radius 2 is 1.73 bits per heavy atom. The van der Waals surface area contributed by atoms with E-state index in [4.69, 9.17) is 16.3 Å². The second kappa shape index (κ2) is 9.46. The highest BCUT2D eigenvalue weighted by Crippen LogP contribution is 2.24. The van der Waals surface area contributed by atoms with Gasteiger partial charge in [0.15, 0.2) is 0 Å². The summed E-state index contributed by atoms with van der Waals surface area (Å²) in [6, 6.07) is 17.7. The van der Waals surface area contributed by atoms with Crippen molar-refractivity contribution in [1.82, 2.24) is 0 Å². The lowest BCUT2D eigenvalue weighted by Crippen LogP contribution is -1.97. The molecule has 0 aliphatic carbocycles. The Morgan fingerprint density at radius 3 is 2.38 bits per heavy atom. The number of thiophene rings is 1. The van der Waals surface area contributed by atoms with Gasteiger partial charge in [-0.1, -0.05) is 30.3 Å². The number of rotatable bonds is 8. The lowest BCUT2D eigenvalue weighted by molar-refractivity contribution is 0.342. The van der Waals surface area contributed by atoms with E-state index in [2.05, 4.69) is 35.0 Å². The Balaban J connectivity index is 1.73. The Morgan fingerprint density at radius 1 is 1.00 bits per heavy atom. The second-order valence-electron chi connectivity index (χ2n) is 5.97. The maximum Gasteiger partial charge on any atom is 0.119 e. The molecule has 0 aliphatic rings. The maximum absolute atomic E-state index is 9.47. The second-order valence-corrected chi connectivity index (χ2v) is 7.13. The number of allylic oxidation sites excluding steroid dienone is 2. The van der Waals surface area contributed by atoms with Crippen LogP contribution in [-0.4, -0.2) is 17.6 Å². The molecule has 0 spiro atoms. The first-order chi connectivity index (χ1) is 12.7. The Hall–Kier alpha value is -2.23. The van der Waals surface area contributed by atoms with E-state index in [1.807, 2.05) is 24.3 Å². The molecular formula is C22H21ClO2S. The van der Waals surface area contributed by atoms with E-state index in [0.29, 0.717) is 18.2 Å². The van der Waals surface area contributed by atoms with Gasteiger partial charge < -0.3 is 9.84 Å². The van der Waals surface area contributed by atoms with Crippen LogP contribution in [0.1, 0.15) is 16.7 Å². The lowest BCUT2D eigenvalue weighted by atomic mass is 9.98. The van der Waals surface area contributed by atoms with E-state index in [1.54, 1.807) is 23.5 Å². The summed E-state index contributed by atoms with van der Waals surface area (Å²) < 4.78 is 5.52. The molecule has 1 aromatic heterocycles. The molecule has 0 atom stereocenters. The highest BCUT2D eigenvalue weighted by molar-refractivity contribution is 7.08. The van der Waals surface area contributed by atoms with Crippen molar-refractivity contribution in [3.63, 3.8) is 0 Å². The summed E-state index contributed by atoms with van der Waals surface area (Å²) in [5.41, 5.74) is 4.97. The Kier molecular flexibility index (Phi) is 6.75. The van der Waals surface area contributed by atoms with E-state index >= 15 is 0 Å². The third-order valence-electron chi connectivity index (χ3n) is 4.08. The van der Waals surface area contributed by atoms with Crippen molar-refractivity contribution in [2.45, 2.75) is 12.8 Å². The quantitative estimate of drug-likeness (QED) is 0.487. The third-order valence-corrected chi connectivity index (χ3v) is 4.91. The monoisotopic (exact) mass is 384 g/mol. The SMILES string of the molecule is Oc1ccc(CC(=CCc2ccc(OCCCl)cc2)c2ccsc2)cc1. The lowest BCUT2D eigenvalue weighted by Gasteiger charge is -2.08. The zero-order valence-corrected chi connectivity index (χ0v) is 16.0. The number of alkyl halides is 1. The van der Waals surface area contributed by atoms with Crippen molar-refractivity contribution in [2.75, 3.05) is 12.5 Å². The summed E-state index contributed by atoms with van der Waals surface area (Å²) in [6.07, 6.45) is 3.98. The molecule has 1 heterocycles. The Bertz CT molecular complexity index is 822. The van der Waals surface area contributed by atoms with Crippen LogP contribution >= 0.6 is 22.9 Å². The van der Waals surface area contributed by atoms with E-state index in [-0.39, 0.29) is 0 Å². The highest BCUT2D eigenvalue weighted by atomic mass is 35.5. The van der Waals surface area contributed by atoms with Crippen LogP contribution in [-0.2, 0) is 12.8 Å². The van der Waals surface area contributed by atoms with Crippen molar-refractivity contribution in [3.8, 4) is 11.5 Å². The van der Waals surface area contributed by atoms with Gasteiger partial charge in [0.1, 0.15) is 18.1 Å². The van der Waals surface area contributed by atoms with E-state index < -0.39 is 0 Å². The molecule has 2 aromatic carbocycles. The van der Waals surface area contributed by atoms with Crippen LogP contribution in [0.25, 0.3) is 5.57 Å². The number of benzene rings is 2. The number of phenols is 1. The van der Waals surface area contributed by atoms with Crippen molar-refractivity contribution < 1.29 is 9.84 Å². The van der Waals surface area contributed by atoms with Crippen LogP contribution in [0, 0.1) is 0 Å². The molecule has 0 amide bonds. The van der Waals surface area contributed by atoms with Gasteiger partial charge in [0, 0.05) is 0 Å². The number of halogens is 1. The van der Waals surface area contributed by atoms with Crippen LogP contribution in [0.3, 0.4) is 0 Å². The minimum atomic E-state index is 0.297. The molecule has 4 heteroatoms. The van der Waals surface area contributed by atoms with Crippen LogP contribution in [0.15, 0.2) is 71.4 Å². The minimum Gasteiger partial charge on any atom is -0.508 e. The van der Waals surface area contributed by atoms with Gasteiger partial charge in [-0.05, 0) is 76.2 Å². The van der Waals surface area contributed by atoms with Crippen LogP contribution in [0.5, 0.6) is 11.5 Å². The van der Waals surface area contributed by atoms with Crippen LogP contribution in [0.2, 0.25) is 0 Å². The normalized spacial score (nSPS) is 11.5. The van der Waals surface area contributed by atoms with E-state index in [0.717, 1.165) is 18.6 Å². The molecule has 3 rings (SSSR count). The number of aromatic hydroxyl groups is 1. The predicted molar refractivity (Wildman–Crippen MR) is 110 cm³/mol. The fourth-order valence-corrected chi connectivity index (χ4v) is 3.45. The molecule has 3 aromatic rings. The summed E-state index contributed by atoms with van der Waals surface area (Å²) in [5.74, 6) is 1.64. The fourth-order valence-electron chi connectivity index (χ4n) is 2.69. The molecular weight excluding hydrogens is 364 g/mol. The van der Waals surface area contributed by atoms with Gasteiger partial charge in [-0.3, -0.25) is 0 Å². The average Bonchev–Trinajstić information content (AvgIpc) is 3.20. The van der Waals surface area contributed by atoms with Gasteiger partial charge in [0.05, 0.1) is 5.88 Å². The first-order valence-corrected chi connectivity index (χ1v) is 9.99. The predicted octanol–water partition coefficient (Wildman–Crippen LogP) is 5.94. The van der Waals surface area contributed by atoms with Crippen molar-refractivity contribution in [2.24, 2.45) is 0 Å². The molecule has 134 valence electrons.